The molecular formula is C16H24O. The van der Waals surface area contributed by atoms with Gasteiger partial charge in [0.05, 0.1) is 12.2 Å². The van der Waals surface area contributed by atoms with Crippen molar-refractivity contribution in [2.24, 2.45) is 0 Å². The van der Waals surface area contributed by atoms with Gasteiger partial charge in [-0.1, -0.05) is 44.5 Å². The molecule has 1 aromatic rings. The minimum atomic E-state index is 0.457. The Morgan fingerprint density at radius 1 is 1.00 bits per heavy atom. The molecular weight excluding hydrogens is 208 g/mol. The third kappa shape index (κ3) is 3.57. The van der Waals surface area contributed by atoms with Crippen molar-refractivity contribution in [3.63, 3.8) is 0 Å². The van der Waals surface area contributed by atoms with Crippen molar-refractivity contribution in [3.05, 3.63) is 35.4 Å². The molecule has 1 saturated heterocycles. The molecule has 17 heavy (non-hydrogen) atoms. The zero-order valence-electron chi connectivity index (χ0n) is 11.1. The molecule has 2 atom stereocenters. The topological polar surface area (TPSA) is 9.23 Å². The van der Waals surface area contributed by atoms with E-state index in [0.717, 1.165) is 12.8 Å². The fourth-order valence-corrected chi connectivity index (χ4v) is 2.64. The highest BCUT2D eigenvalue weighted by Gasteiger charge is 2.24. The second-order valence-electron chi connectivity index (χ2n) is 5.12. The Morgan fingerprint density at radius 3 is 2.29 bits per heavy atom. The summed E-state index contributed by atoms with van der Waals surface area (Å²) >= 11 is 0. The van der Waals surface area contributed by atoms with Gasteiger partial charge in [-0.25, -0.2) is 0 Å². The Bertz CT molecular complexity index is 328. The minimum absolute atomic E-state index is 0.457. The molecule has 0 unspecified atom stereocenters. The Labute approximate surface area is 105 Å². The molecule has 0 bridgehead atoms. The summed E-state index contributed by atoms with van der Waals surface area (Å²) in [5.74, 6) is 0. The van der Waals surface area contributed by atoms with Gasteiger partial charge in [0.1, 0.15) is 0 Å². The van der Waals surface area contributed by atoms with E-state index < -0.39 is 0 Å². The number of hydrogen-bond acceptors (Lipinski definition) is 1. The zero-order chi connectivity index (χ0) is 12.1. The van der Waals surface area contributed by atoms with Crippen LogP contribution in [0.15, 0.2) is 24.3 Å². The molecule has 1 nitrogen and oxygen atoms in total. The van der Waals surface area contributed by atoms with Crippen LogP contribution in [0.2, 0.25) is 0 Å². The maximum atomic E-state index is 6.06. The maximum absolute atomic E-state index is 6.06. The van der Waals surface area contributed by atoms with Crippen LogP contribution in [0.25, 0.3) is 0 Å². The molecule has 94 valence electrons. The highest BCUT2D eigenvalue weighted by molar-refractivity contribution is 5.23. The van der Waals surface area contributed by atoms with E-state index in [1.807, 2.05) is 0 Å². The van der Waals surface area contributed by atoms with E-state index in [9.17, 15) is 0 Å². The number of aryl methyl sites for hydroxylation is 1. The molecule has 1 aliphatic rings. The lowest BCUT2D eigenvalue weighted by molar-refractivity contribution is 0.0407. The molecule has 1 aliphatic heterocycles. The van der Waals surface area contributed by atoms with Crippen molar-refractivity contribution < 1.29 is 4.74 Å². The number of hydrogen-bond donors (Lipinski definition) is 0. The van der Waals surface area contributed by atoms with Gasteiger partial charge in [-0.3, -0.25) is 0 Å². The fraction of sp³-hybridized carbons (Fsp3) is 0.625. The van der Waals surface area contributed by atoms with E-state index in [1.165, 1.54) is 36.8 Å². The lowest BCUT2D eigenvalue weighted by Gasteiger charge is -2.13. The largest absolute Gasteiger partial charge is 0.375 e. The van der Waals surface area contributed by atoms with Gasteiger partial charge in [0.15, 0.2) is 0 Å². The Hall–Kier alpha value is -0.820. The average Bonchev–Trinajstić information content (AvgIpc) is 2.78. The number of rotatable bonds is 5. The summed E-state index contributed by atoms with van der Waals surface area (Å²) < 4.78 is 6.06. The molecule has 1 fully saturated rings. The van der Waals surface area contributed by atoms with Gasteiger partial charge >= 0.3 is 0 Å². The minimum Gasteiger partial charge on any atom is -0.375 e. The molecule has 1 aromatic carbocycles. The zero-order valence-corrected chi connectivity index (χ0v) is 11.1. The molecule has 0 spiro atoms. The van der Waals surface area contributed by atoms with Crippen LogP contribution in [0.3, 0.4) is 0 Å². The second-order valence-corrected chi connectivity index (χ2v) is 5.12. The first-order chi connectivity index (χ1) is 8.31. The standard InChI is InChI=1S/C16H24O/c1-3-5-15-10-11-16(17-15)12-14-8-6-13(4-2)7-9-14/h6-9,15-16H,3-5,10-12H2,1-2H3/t15-,16-/m0/s1. The van der Waals surface area contributed by atoms with Crippen LogP contribution in [0, 0.1) is 0 Å². The molecule has 1 heteroatoms. The van der Waals surface area contributed by atoms with Crippen LogP contribution in [0.1, 0.15) is 50.7 Å². The second kappa shape index (κ2) is 6.20. The van der Waals surface area contributed by atoms with E-state index >= 15 is 0 Å². The maximum Gasteiger partial charge on any atom is 0.0620 e. The van der Waals surface area contributed by atoms with Crippen molar-refractivity contribution in [2.45, 2.75) is 64.6 Å². The van der Waals surface area contributed by atoms with Crippen LogP contribution in [0.4, 0.5) is 0 Å². The van der Waals surface area contributed by atoms with Crippen molar-refractivity contribution in [1.29, 1.82) is 0 Å². The molecule has 0 saturated carbocycles. The summed E-state index contributed by atoms with van der Waals surface area (Å²) in [6.07, 6.45) is 8.15. The Balaban J connectivity index is 1.84. The molecule has 1 heterocycles. The first-order valence-corrected chi connectivity index (χ1v) is 7.05. The van der Waals surface area contributed by atoms with Crippen LogP contribution in [0.5, 0.6) is 0 Å². The summed E-state index contributed by atoms with van der Waals surface area (Å²) in [5.41, 5.74) is 2.84. The van der Waals surface area contributed by atoms with E-state index in [1.54, 1.807) is 0 Å². The van der Waals surface area contributed by atoms with Gasteiger partial charge in [-0.2, -0.15) is 0 Å². The van der Waals surface area contributed by atoms with Crippen LogP contribution in [-0.2, 0) is 17.6 Å². The predicted molar refractivity (Wildman–Crippen MR) is 72.3 cm³/mol. The molecule has 2 rings (SSSR count). The summed E-state index contributed by atoms with van der Waals surface area (Å²) in [6.45, 7) is 4.44. The normalized spacial score (nSPS) is 24.1. The Morgan fingerprint density at radius 2 is 1.65 bits per heavy atom. The molecule has 0 aromatic heterocycles. The van der Waals surface area contributed by atoms with Gasteiger partial charge < -0.3 is 4.74 Å². The molecule has 0 aliphatic carbocycles. The quantitative estimate of drug-likeness (QED) is 0.741. The average molecular weight is 232 g/mol. The van der Waals surface area contributed by atoms with Crippen molar-refractivity contribution in [3.8, 4) is 0 Å². The van der Waals surface area contributed by atoms with Crippen molar-refractivity contribution in [1.82, 2.24) is 0 Å². The monoisotopic (exact) mass is 232 g/mol. The first-order valence-electron chi connectivity index (χ1n) is 7.05. The van der Waals surface area contributed by atoms with Crippen molar-refractivity contribution in [2.75, 3.05) is 0 Å². The highest BCUT2D eigenvalue weighted by atomic mass is 16.5. The first kappa shape index (κ1) is 12.6. The van der Waals surface area contributed by atoms with E-state index in [-0.39, 0.29) is 0 Å². The number of ether oxygens (including phenoxy) is 1. The van der Waals surface area contributed by atoms with Gasteiger partial charge in [-0.15, -0.1) is 0 Å². The highest BCUT2D eigenvalue weighted by Crippen LogP contribution is 2.25. The molecule has 0 N–H and O–H groups in total. The lowest BCUT2D eigenvalue weighted by atomic mass is 10.0. The van der Waals surface area contributed by atoms with Gasteiger partial charge in [0.25, 0.3) is 0 Å². The van der Waals surface area contributed by atoms with Crippen LogP contribution < -0.4 is 0 Å². The SMILES string of the molecule is CCC[C@H]1CC[C@@H](Cc2ccc(CC)cc2)O1. The van der Waals surface area contributed by atoms with Crippen LogP contribution in [-0.4, -0.2) is 12.2 Å². The summed E-state index contributed by atoms with van der Waals surface area (Å²) in [7, 11) is 0. The van der Waals surface area contributed by atoms with Gasteiger partial charge in [0, 0.05) is 0 Å². The van der Waals surface area contributed by atoms with Crippen molar-refractivity contribution >= 4 is 0 Å². The van der Waals surface area contributed by atoms with Gasteiger partial charge in [0.2, 0.25) is 0 Å². The third-order valence-corrected chi connectivity index (χ3v) is 3.70. The molecule has 0 radical (unpaired) electrons. The van der Waals surface area contributed by atoms with Crippen LogP contribution >= 0.6 is 0 Å². The van der Waals surface area contributed by atoms with E-state index in [0.29, 0.717) is 12.2 Å². The smallest absolute Gasteiger partial charge is 0.0620 e. The summed E-state index contributed by atoms with van der Waals surface area (Å²) in [5, 5.41) is 0. The van der Waals surface area contributed by atoms with E-state index in [2.05, 4.69) is 38.1 Å². The van der Waals surface area contributed by atoms with Gasteiger partial charge in [-0.05, 0) is 43.2 Å². The van der Waals surface area contributed by atoms with E-state index in [4.69, 9.17) is 4.74 Å². The summed E-state index contributed by atoms with van der Waals surface area (Å²) in [6, 6.07) is 9.01. The predicted octanol–water partition coefficient (Wildman–Crippen LogP) is 4.14. The third-order valence-electron chi connectivity index (χ3n) is 3.70. The fourth-order valence-electron chi connectivity index (χ4n) is 2.64. The lowest BCUT2D eigenvalue weighted by Crippen LogP contribution is -2.13. The Kier molecular flexibility index (Phi) is 4.61. The number of benzene rings is 1. The molecule has 0 amide bonds. The summed E-state index contributed by atoms with van der Waals surface area (Å²) in [4.78, 5) is 0.